The molecule has 0 aliphatic carbocycles. The number of phosphoric ester groups is 1. The first-order valence-corrected chi connectivity index (χ1v) is 33.8. The molecule has 0 spiro atoms. The molecule has 0 amide bonds. The van der Waals surface area contributed by atoms with Crippen molar-refractivity contribution in [2.24, 2.45) is 0 Å². The van der Waals surface area contributed by atoms with Gasteiger partial charge in [0, 0.05) is 12.8 Å². The monoisotopic (exact) mass is 1110 g/mol. The van der Waals surface area contributed by atoms with Crippen LogP contribution in [0.2, 0.25) is 0 Å². The average Bonchev–Trinajstić information content (AvgIpc) is 3.41. The Kier molecular flexibility index (Phi) is 56.7. The van der Waals surface area contributed by atoms with Gasteiger partial charge in [-0.1, -0.05) is 266 Å². The number of rotatable bonds is 59. The predicted molar refractivity (Wildman–Crippen MR) is 332 cm³/mol. The molecule has 0 aromatic rings. The van der Waals surface area contributed by atoms with Gasteiger partial charge in [0.05, 0.1) is 27.7 Å². The summed E-state index contributed by atoms with van der Waals surface area (Å²) in [6, 6.07) is 0. The van der Waals surface area contributed by atoms with E-state index in [0.717, 1.165) is 70.6 Å². The van der Waals surface area contributed by atoms with Crippen LogP contribution in [-0.2, 0) is 32.7 Å². The maximum absolute atomic E-state index is 12.8. The van der Waals surface area contributed by atoms with Gasteiger partial charge in [-0.2, -0.15) is 0 Å². The molecule has 0 N–H and O–H groups in total. The first kappa shape index (κ1) is 75.2. The highest BCUT2D eigenvalue weighted by Gasteiger charge is 2.22. The molecule has 0 aliphatic rings. The number of allylic oxidation sites excluding steroid dienone is 14. The highest BCUT2D eigenvalue weighted by molar-refractivity contribution is 7.45. The van der Waals surface area contributed by atoms with E-state index in [9.17, 15) is 19.0 Å². The quantitative estimate of drug-likeness (QED) is 0.0195. The lowest BCUT2D eigenvalue weighted by atomic mass is 10.0. The van der Waals surface area contributed by atoms with Crippen LogP contribution in [-0.4, -0.2) is 70.0 Å². The van der Waals surface area contributed by atoms with Gasteiger partial charge in [0.25, 0.3) is 7.82 Å². The molecule has 0 radical (unpaired) electrons. The summed E-state index contributed by atoms with van der Waals surface area (Å²) in [5.74, 6) is -0.879. The minimum atomic E-state index is -4.65. The normalized spacial score (nSPS) is 13.8. The Labute approximate surface area is 481 Å². The number of hydrogen-bond acceptors (Lipinski definition) is 8. The standard InChI is InChI=1S/C68H122NO8P/c1-6-8-10-12-14-16-18-20-22-24-26-28-29-30-31-32-33-34-35-36-37-38-39-41-42-44-46-48-50-52-54-56-58-60-67(70)74-64-66(65-76-78(72,73)75-63-62-69(3,4)5)77-68(71)61-59-57-55-53-51-49-47-45-43-40-27-25-23-21-19-17-15-13-11-9-7-2/h9,11,15,17,21,23-24,26-27,40,45,47,51,53,66H,6-8,10,12-14,16,18-20,22,25,28-39,41-44,46,48-50,52,54-65H2,1-5H3/b11-9-,17-15-,23-21-,26-24-,40-27-,47-45-,53-51-. The van der Waals surface area contributed by atoms with Crippen molar-refractivity contribution >= 4 is 19.8 Å². The number of quaternary nitrogens is 1. The third-order valence-corrected chi connectivity index (χ3v) is 14.9. The number of ether oxygens (including phenoxy) is 2. The van der Waals surface area contributed by atoms with Gasteiger partial charge >= 0.3 is 11.9 Å². The van der Waals surface area contributed by atoms with Crippen LogP contribution >= 0.6 is 7.82 Å². The maximum atomic E-state index is 12.8. The largest absolute Gasteiger partial charge is 0.756 e. The molecule has 0 rings (SSSR count). The number of likely N-dealkylation sites (N-methyl/N-ethyl adjacent to an activating group) is 1. The summed E-state index contributed by atoms with van der Waals surface area (Å²) in [7, 11) is 1.13. The lowest BCUT2D eigenvalue weighted by molar-refractivity contribution is -0.870. The van der Waals surface area contributed by atoms with Gasteiger partial charge in [-0.05, 0) is 89.9 Å². The smallest absolute Gasteiger partial charge is 0.306 e. The van der Waals surface area contributed by atoms with Crippen LogP contribution in [0, 0.1) is 0 Å². The second-order valence-electron chi connectivity index (χ2n) is 22.7. The van der Waals surface area contributed by atoms with E-state index in [0.29, 0.717) is 17.4 Å². The number of hydrogen-bond donors (Lipinski definition) is 0. The van der Waals surface area contributed by atoms with E-state index in [1.807, 2.05) is 21.1 Å². The second-order valence-corrected chi connectivity index (χ2v) is 24.2. The van der Waals surface area contributed by atoms with Crippen molar-refractivity contribution in [2.75, 3.05) is 47.5 Å². The lowest BCUT2D eigenvalue weighted by Crippen LogP contribution is -2.37. The molecular weight excluding hydrogens is 990 g/mol. The van der Waals surface area contributed by atoms with Crippen LogP contribution in [0.5, 0.6) is 0 Å². The molecule has 2 atom stereocenters. The fraction of sp³-hybridized carbons (Fsp3) is 0.765. The van der Waals surface area contributed by atoms with E-state index in [2.05, 4.69) is 98.9 Å². The number of phosphoric acid groups is 1. The van der Waals surface area contributed by atoms with E-state index >= 15 is 0 Å². The van der Waals surface area contributed by atoms with E-state index in [1.165, 1.54) is 180 Å². The number of esters is 2. The van der Waals surface area contributed by atoms with Crippen LogP contribution < -0.4 is 4.89 Å². The van der Waals surface area contributed by atoms with Gasteiger partial charge < -0.3 is 27.9 Å². The minimum absolute atomic E-state index is 0.0423. The van der Waals surface area contributed by atoms with Crippen LogP contribution in [0.15, 0.2) is 85.1 Å². The van der Waals surface area contributed by atoms with Crippen molar-refractivity contribution in [3.05, 3.63) is 85.1 Å². The number of unbranched alkanes of at least 4 members (excludes halogenated alkanes) is 31. The summed E-state index contributed by atoms with van der Waals surface area (Å²) in [5.41, 5.74) is 0. The van der Waals surface area contributed by atoms with E-state index in [-0.39, 0.29) is 26.1 Å². The number of nitrogens with zero attached hydrogens (tertiary/aromatic N) is 1. The second kappa shape index (κ2) is 58.8. The molecular formula is C68H122NO8P. The fourth-order valence-electron chi connectivity index (χ4n) is 8.95. The zero-order chi connectivity index (χ0) is 57.0. The van der Waals surface area contributed by atoms with Gasteiger partial charge in [-0.25, -0.2) is 0 Å². The third kappa shape index (κ3) is 62.4. The SMILES string of the molecule is CC/C=C\C/C=C\C/C=C\C/C=C\C/C=C\C/C=C\CCCCC(=O)OC(COC(=O)CCCCCCCCCCCCCCCCCCCCCCC/C=C\CCCCCCCCCC)COP(=O)([O-])OCC[N+](C)(C)C. The molecule has 0 aromatic heterocycles. The molecule has 0 saturated carbocycles. The Bertz CT molecular complexity index is 1590. The highest BCUT2D eigenvalue weighted by Crippen LogP contribution is 2.38. The molecule has 0 aliphatic heterocycles. The van der Waals surface area contributed by atoms with Crippen LogP contribution in [0.4, 0.5) is 0 Å². The maximum Gasteiger partial charge on any atom is 0.306 e. The summed E-state index contributed by atoms with van der Waals surface area (Å²) in [4.78, 5) is 37.9. The Morgan fingerprint density at radius 3 is 1.13 bits per heavy atom. The molecule has 0 fully saturated rings. The molecule has 10 heteroatoms. The molecule has 0 bridgehead atoms. The van der Waals surface area contributed by atoms with E-state index in [1.54, 1.807) is 0 Å². The van der Waals surface area contributed by atoms with Crippen molar-refractivity contribution in [1.82, 2.24) is 0 Å². The van der Waals surface area contributed by atoms with Crippen LogP contribution in [0.3, 0.4) is 0 Å². The molecule has 0 heterocycles. The van der Waals surface area contributed by atoms with Crippen molar-refractivity contribution in [3.8, 4) is 0 Å². The Hall–Kier alpha value is -2.81. The third-order valence-electron chi connectivity index (χ3n) is 13.9. The number of carbonyl (C=O) groups excluding carboxylic acids is 2. The summed E-state index contributed by atoms with van der Waals surface area (Å²) in [6.07, 6.45) is 79.5. The summed E-state index contributed by atoms with van der Waals surface area (Å²) < 4.78 is 34.2. The van der Waals surface area contributed by atoms with Crippen molar-refractivity contribution in [3.63, 3.8) is 0 Å². The highest BCUT2D eigenvalue weighted by atomic mass is 31.2. The lowest BCUT2D eigenvalue weighted by Gasteiger charge is -2.28. The Balaban J connectivity index is 4.08. The van der Waals surface area contributed by atoms with Gasteiger partial charge in [0.1, 0.15) is 19.8 Å². The fourth-order valence-corrected chi connectivity index (χ4v) is 9.68. The van der Waals surface area contributed by atoms with Gasteiger partial charge in [0.15, 0.2) is 6.10 Å². The number of carbonyl (C=O) groups is 2. The first-order valence-electron chi connectivity index (χ1n) is 32.3. The zero-order valence-electron chi connectivity index (χ0n) is 51.3. The van der Waals surface area contributed by atoms with Gasteiger partial charge in [-0.3, -0.25) is 14.2 Å². The molecule has 0 aromatic carbocycles. The van der Waals surface area contributed by atoms with E-state index in [4.69, 9.17) is 18.5 Å². The van der Waals surface area contributed by atoms with Gasteiger partial charge in [-0.15, -0.1) is 0 Å². The topological polar surface area (TPSA) is 111 Å². The Morgan fingerprint density at radius 2 is 0.731 bits per heavy atom. The summed E-state index contributed by atoms with van der Waals surface area (Å²) in [5, 5.41) is 0. The van der Waals surface area contributed by atoms with E-state index < -0.39 is 32.5 Å². The molecule has 0 saturated heterocycles. The predicted octanol–water partition coefficient (Wildman–Crippen LogP) is 20.0. The molecule has 78 heavy (non-hydrogen) atoms. The summed E-state index contributed by atoms with van der Waals surface area (Å²) in [6.45, 7) is 4.09. The Morgan fingerprint density at radius 1 is 0.410 bits per heavy atom. The molecule has 452 valence electrons. The minimum Gasteiger partial charge on any atom is -0.756 e. The zero-order valence-corrected chi connectivity index (χ0v) is 52.2. The van der Waals surface area contributed by atoms with Crippen LogP contribution in [0.1, 0.15) is 284 Å². The van der Waals surface area contributed by atoms with Gasteiger partial charge in [0.2, 0.25) is 0 Å². The first-order chi connectivity index (χ1) is 38.0. The van der Waals surface area contributed by atoms with Crippen LogP contribution in [0.25, 0.3) is 0 Å². The van der Waals surface area contributed by atoms with Crippen molar-refractivity contribution < 1.29 is 42.1 Å². The molecule has 9 nitrogen and oxygen atoms in total. The van der Waals surface area contributed by atoms with Crippen molar-refractivity contribution in [2.45, 2.75) is 290 Å². The molecule has 2 unspecified atom stereocenters. The van der Waals surface area contributed by atoms with Crippen molar-refractivity contribution in [1.29, 1.82) is 0 Å². The summed E-state index contributed by atoms with van der Waals surface area (Å²) >= 11 is 0. The average molecular weight is 1110 g/mol.